The van der Waals surface area contributed by atoms with E-state index in [1.165, 1.54) is 0 Å². The maximum atomic E-state index is 13.2. The van der Waals surface area contributed by atoms with Gasteiger partial charge in [0.25, 0.3) is 5.91 Å². The second-order valence-corrected chi connectivity index (χ2v) is 7.69. The molecule has 0 fully saturated rings. The van der Waals surface area contributed by atoms with Crippen LogP contribution in [-0.4, -0.2) is 47.1 Å². The summed E-state index contributed by atoms with van der Waals surface area (Å²) in [6.07, 6.45) is 1.69. The average molecular weight is 501 g/mol. The molecule has 7 nitrogen and oxygen atoms in total. The number of imidazole rings is 1. The third kappa shape index (κ3) is 5.28. The summed E-state index contributed by atoms with van der Waals surface area (Å²) in [4.78, 5) is 22.4. The Morgan fingerprint density at radius 3 is 2.62 bits per heavy atom. The summed E-state index contributed by atoms with van der Waals surface area (Å²) in [5.74, 6) is 1.49. The van der Waals surface area contributed by atoms with Crippen LogP contribution in [0.5, 0.6) is 11.5 Å². The van der Waals surface area contributed by atoms with E-state index in [0.29, 0.717) is 44.2 Å². The zero-order chi connectivity index (χ0) is 21.9. The topological polar surface area (TPSA) is 93.5 Å². The van der Waals surface area contributed by atoms with Gasteiger partial charge in [0.2, 0.25) is 0 Å². The van der Waals surface area contributed by atoms with Gasteiger partial charge in [-0.05, 0) is 59.7 Å². The van der Waals surface area contributed by atoms with Crippen molar-refractivity contribution in [2.24, 2.45) is 5.73 Å². The van der Waals surface area contributed by atoms with E-state index in [9.17, 15) is 4.79 Å². The lowest BCUT2D eigenvalue weighted by atomic mass is 10.0. The highest BCUT2D eigenvalue weighted by Gasteiger charge is 2.21. The number of carbonyl (C=O) groups excluding carboxylic acids is 1. The predicted octanol–water partition coefficient (Wildman–Crippen LogP) is 4.45. The van der Waals surface area contributed by atoms with Gasteiger partial charge in [0.15, 0.2) is 0 Å². The summed E-state index contributed by atoms with van der Waals surface area (Å²) < 4.78 is 11.4. The van der Waals surface area contributed by atoms with Crippen LogP contribution in [-0.2, 0) is 6.54 Å². The van der Waals surface area contributed by atoms with Crippen molar-refractivity contribution in [3.63, 3.8) is 0 Å². The predicted molar refractivity (Wildman–Crippen MR) is 137 cm³/mol. The molecule has 1 aliphatic heterocycles. The monoisotopic (exact) mass is 500 g/mol. The molecule has 9 heteroatoms. The standard InChI is InChI=1S/C25H24N4O3.2ClH/c26-9-11-31-21-5-1-17(2-6-21)25(30)29-10-12-32-24-8-4-18(13-20(24)15-29)19-3-7-22-23(14-19)28-16-27-22;;/h1-8,13-14,16H,9-12,15,26H2,(H,27,28);2*1H. The summed E-state index contributed by atoms with van der Waals surface area (Å²) in [6.45, 7) is 2.36. The Bertz CT molecular complexity index is 1260. The maximum absolute atomic E-state index is 13.2. The molecule has 2 heterocycles. The lowest BCUT2D eigenvalue weighted by Crippen LogP contribution is -2.32. The number of hydrogen-bond acceptors (Lipinski definition) is 5. The molecule has 0 unspecified atom stereocenters. The smallest absolute Gasteiger partial charge is 0.254 e. The number of amides is 1. The van der Waals surface area contributed by atoms with Gasteiger partial charge >= 0.3 is 0 Å². The molecule has 0 saturated carbocycles. The molecule has 0 spiro atoms. The number of fused-ring (bicyclic) bond motifs is 2. The molecule has 0 saturated heterocycles. The number of aromatic amines is 1. The first-order valence-electron chi connectivity index (χ1n) is 10.6. The number of nitrogens with zero attached hydrogens (tertiary/aromatic N) is 2. The van der Waals surface area contributed by atoms with Crippen molar-refractivity contribution in [1.29, 1.82) is 0 Å². The number of aromatic nitrogens is 2. The van der Waals surface area contributed by atoms with Crippen LogP contribution in [0.4, 0.5) is 0 Å². The molecule has 1 aliphatic rings. The van der Waals surface area contributed by atoms with Gasteiger partial charge in [-0.1, -0.05) is 12.1 Å². The Labute approximate surface area is 210 Å². The Kier molecular flexibility index (Phi) is 8.39. The summed E-state index contributed by atoms with van der Waals surface area (Å²) >= 11 is 0. The Hall–Kier alpha value is -3.26. The highest BCUT2D eigenvalue weighted by molar-refractivity contribution is 5.94. The van der Waals surface area contributed by atoms with E-state index in [2.05, 4.69) is 28.2 Å². The molecule has 4 aromatic rings. The molecule has 5 rings (SSSR count). The van der Waals surface area contributed by atoms with Gasteiger partial charge in [0.05, 0.1) is 23.9 Å². The van der Waals surface area contributed by atoms with E-state index in [4.69, 9.17) is 15.2 Å². The third-order valence-corrected chi connectivity index (χ3v) is 5.57. The number of ether oxygens (including phenoxy) is 2. The van der Waals surface area contributed by atoms with Crippen molar-refractivity contribution < 1.29 is 14.3 Å². The molecule has 0 radical (unpaired) electrons. The van der Waals surface area contributed by atoms with E-state index in [1.54, 1.807) is 30.6 Å². The first-order valence-corrected chi connectivity index (χ1v) is 10.6. The lowest BCUT2D eigenvalue weighted by Gasteiger charge is -2.20. The normalized spacial score (nSPS) is 12.6. The van der Waals surface area contributed by atoms with Crippen LogP contribution in [0.2, 0.25) is 0 Å². The zero-order valence-corrected chi connectivity index (χ0v) is 20.0. The summed E-state index contributed by atoms with van der Waals surface area (Å²) in [7, 11) is 0. The van der Waals surface area contributed by atoms with Gasteiger partial charge in [-0.3, -0.25) is 4.79 Å². The zero-order valence-electron chi connectivity index (χ0n) is 18.4. The quantitative estimate of drug-likeness (QED) is 0.422. The van der Waals surface area contributed by atoms with Crippen molar-refractivity contribution in [2.75, 3.05) is 26.3 Å². The Balaban J connectivity index is 0.00000162. The molecular formula is C25H26Cl2N4O3. The number of benzene rings is 3. The molecule has 34 heavy (non-hydrogen) atoms. The van der Waals surface area contributed by atoms with Crippen molar-refractivity contribution in [2.45, 2.75) is 6.54 Å². The number of rotatable bonds is 5. The minimum atomic E-state index is -0.0314. The molecule has 1 aromatic heterocycles. The minimum Gasteiger partial charge on any atom is -0.492 e. The maximum Gasteiger partial charge on any atom is 0.254 e. The number of nitrogens with one attached hydrogen (secondary N) is 1. The Morgan fingerprint density at radius 2 is 1.82 bits per heavy atom. The fourth-order valence-corrected chi connectivity index (χ4v) is 3.92. The van der Waals surface area contributed by atoms with Crippen LogP contribution in [0.15, 0.2) is 67.0 Å². The molecule has 0 atom stereocenters. The molecule has 178 valence electrons. The molecular weight excluding hydrogens is 475 g/mol. The number of halogens is 2. The summed E-state index contributed by atoms with van der Waals surface area (Å²) in [5.41, 5.74) is 11.2. The van der Waals surface area contributed by atoms with E-state index in [1.807, 2.05) is 23.1 Å². The molecule has 0 aliphatic carbocycles. The van der Waals surface area contributed by atoms with Crippen molar-refractivity contribution in [3.8, 4) is 22.6 Å². The van der Waals surface area contributed by atoms with Crippen molar-refractivity contribution >= 4 is 41.8 Å². The fraction of sp³-hybridized carbons (Fsp3) is 0.200. The molecule has 0 bridgehead atoms. The van der Waals surface area contributed by atoms with Crippen LogP contribution in [0, 0.1) is 0 Å². The van der Waals surface area contributed by atoms with E-state index in [-0.39, 0.29) is 30.7 Å². The second-order valence-electron chi connectivity index (χ2n) is 7.69. The van der Waals surface area contributed by atoms with Crippen LogP contribution >= 0.6 is 24.8 Å². The summed E-state index contributed by atoms with van der Waals surface area (Å²) in [6, 6.07) is 19.4. The van der Waals surface area contributed by atoms with Crippen LogP contribution in [0.1, 0.15) is 15.9 Å². The first-order chi connectivity index (χ1) is 15.7. The van der Waals surface area contributed by atoms with E-state index in [0.717, 1.165) is 33.5 Å². The largest absolute Gasteiger partial charge is 0.492 e. The molecule has 1 amide bonds. The summed E-state index contributed by atoms with van der Waals surface area (Å²) in [5, 5.41) is 0. The highest BCUT2D eigenvalue weighted by Crippen LogP contribution is 2.31. The number of H-pyrrole nitrogens is 1. The number of carbonyl (C=O) groups is 1. The SMILES string of the molecule is Cl.Cl.NCCOc1ccc(C(=O)N2CCOc3ccc(-c4ccc5nc[nH]c5c4)cc3C2)cc1. The number of nitrogens with two attached hydrogens (primary N) is 1. The second kappa shape index (κ2) is 11.2. The first kappa shape index (κ1) is 25.4. The average Bonchev–Trinajstić information content (AvgIpc) is 3.20. The van der Waals surface area contributed by atoms with Crippen LogP contribution in [0.25, 0.3) is 22.2 Å². The van der Waals surface area contributed by atoms with Gasteiger partial charge in [0, 0.05) is 24.2 Å². The van der Waals surface area contributed by atoms with E-state index >= 15 is 0 Å². The van der Waals surface area contributed by atoms with Gasteiger partial charge in [-0.15, -0.1) is 24.8 Å². The highest BCUT2D eigenvalue weighted by atomic mass is 35.5. The van der Waals surface area contributed by atoms with Crippen molar-refractivity contribution in [1.82, 2.24) is 14.9 Å². The lowest BCUT2D eigenvalue weighted by molar-refractivity contribution is 0.0733. The third-order valence-electron chi connectivity index (χ3n) is 5.57. The molecule has 3 N–H and O–H groups in total. The minimum absolute atomic E-state index is 0. The van der Waals surface area contributed by atoms with Crippen LogP contribution in [0.3, 0.4) is 0 Å². The van der Waals surface area contributed by atoms with Crippen molar-refractivity contribution in [3.05, 3.63) is 78.1 Å². The van der Waals surface area contributed by atoms with Gasteiger partial charge < -0.3 is 25.1 Å². The fourth-order valence-electron chi connectivity index (χ4n) is 3.92. The van der Waals surface area contributed by atoms with E-state index < -0.39 is 0 Å². The van der Waals surface area contributed by atoms with Gasteiger partial charge in [0.1, 0.15) is 24.7 Å². The van der Waals surface area contributed by atoms with Crippen LogP contribution < -0.4 is 15.2 Å². The van der Waals surface area contributed by atoms with Gasteiger partial charge in [-0.2, -0.15) is 0 Å². The van der Waals surface area contributed by atoms with Gasteiger partial charge in [-0.25, -0.2) is 4.98 Å². The molecule has 3 aromatic carbocycles. The number of hydrogen-bond donors (Lipinski definition) is 2. The Morgan fingerprint density at radius 1 is 1.06 bits per heavy atom.